The third-order valence-corrected chi connectivity index (χ3v) is 5.00. The molecule has 160 valence electrons. The van der Waals surface area contributed by atoms with Crippen LogP contribution >= 0.6 is 0 Å². The Bertz CT molecular complexity index is 812. The smallest absolute Gasteiger partial charge is 0.308 e. The first-order chi connectivity index (χ1) is 14.5. The molecule has 1 unspecified atom stereocenters. The van der Waals surface area contributed by atoms with Crippen molar-refractivity contribution >= 4 is 24.2 Å². The Labute approximate surface area is 179 Å². The summed E-state index contributed by atoms with van der Waals surface area (Å²) < 4.78 is 11.0. The van der Waals surface area contributed by atoms with E-state index in [1.165, 1.54) is 0 Å². The van der Waals surface area contributed by atoms with E-state index in [1.807, 2.05) is 26.0 Å². The standard InChI is InChI=1S/C25H31NO4/c1-4-19(2)25(28)30-18-8-6-5-7-17-29-23-15-11-21(12-16-23)24(27)20-9-13-22(26-3)14-10-20/h9-16,19H,3-8,17-18H2,1-2H3. The van der Waals surface area contributed by atoms with Gasteiger partial charge in [-0.1, -0.05) is 13.8 Å². The van der Waals surface area contributed by atoms with Gasteiger partial charge in [-0.3, -0.25) is 14.6 Å². The number of hydrogen-bond donors (Lipinski definition) is 0. The molecule has 5 heteroatoms. The second-order valence-corrected chi connectivity index (χ2v) is 7.30. The maximum atomic E-state index is 12.5. The zero-order valence-corrected chi connectivity index (χ0v) is 17.9. The Morgan fingerprint density at radius 3 is 2.03 bits per heavy atom. The molecule has 1 atom stereocenters. The molecule has 0 heterocycles. The van der Waals surface area contributed by atoms with Crippen LogP contribution in [0.3, 0.4) is 0 Å². The molecule has 0 saturated heterocycles. The van der Waals surface area contributed by atoms with E-state index in [2.05, 4.69) is 11.7 Å². The molecule has 0 amide bonds. The summed E-state index contributed by atoms with van der Waals surface area (Å²) >= 11 is 0. The lowest BCUT2D eigenvalue weighted by atomic mass is 10.0. The monoisotopic (exact) mass is 409 g/mol. The predicted octanol–water partition coefficient (Wildman–Crippen LogP) is 5.78. The average Bonchev–Trinajstić information content (AvgIpc) is 2.80. The number of aliphatic imine (C=N–C) groups is 1. The van der Waals surface area contributed by atoms with Crippen molar-refractivity contribution in [1.29, 1.82) is 0 Å². The van der Waals surface area contributed by atoms with Gasteiger partial charge >= 0.3 is 5.97 Å². The largest absolute Gasteiger partial charge is 0.494 e. The van der Waals surface area contributed by atoms with E-state index >= 15 is 0 Å². The van der Waals surface area contributed by atoms with E-state index < -0.39 is 0 Å². The quantitative estimate of drug-likeness (QED) is 0.182. The first kappa shape index (κ1) is 23.3. The average molecular weight is 410 g/mol. The van der Waals surface area contributed by atoms with Gasteiger partial charge in [0.15, 0.2) is 5.78 Å². The number of benzene rings is 2. The molecular weight excluding hydrogens is 378 g/mol. The van der Waals surface area contributed by atoms with Crippen LogP contribution in [0.15, 0.2) is 53.5 Å². The number of rotatable bonds is 13. The molecule has 0 aliphatic heterocycles. The number of esters is 1. The topological polar surface area (TPSA) is 65.0 Å². The van der Waals surface area contributed by atoms with Gasteiger partial charge in [0.25, 0.3) is 0 Å². The number of ketones is 1. The maximum absolute atomic E-state index is 12.5. The maximum Gasteiger partial charge on any atom is 0.308 e. The molecule has 0 aromatic heterocycles. The van der Waals surface area contributed by atoms with Crippen LogP contribution in [0.5, 0.6) is 5.75 Å². The zero-order chi connectivity index (χ0) is 21.8. The summed E-state index contributed by atoms with van der Waals surface area (Å²) in [6, 6.07) is 14.2. The summed E-state index contributed by atoms with van der Waals surface area (Å²) in [7, 11) is 0. The van der Waals surface area contributed by atoms with E-state index in [9.17, 15) is 9.59 Å². The van der Waals surface area contributed by atoms with Crippen LogP contribution in [-0.4, -0.2) is 31.7 Å². The normalized spacial score (nSPS) is 11.5. The fourth-order valence-corrected chi connectivity index (χ4v) is 2.82. The zero-order valence-electron chi connectivity index (χ0n) is 17.9. The van der Waals surface area contributed by atoms with Crippen molar-refractivity contribution in [3.8, 4) is 5.75 Å². The van der Waals surface area contributed by atoms with Crippen LogP contribution in [0.25, 0.3) is 0 Å². The highest BCUT2D eigenvalue weighted by Gasteiger charge is 2.11. The van der Waals surface area contributed by atoms with Crippen LogP contribution in [0.4, 0.5) is 5.69 Å². The number of hydrogen-bond acceptors (Lipinski definition) is 5. The van der Waals surface area contributed by atoms with Crippen molar-refractivity contribution in [1.82, 2.24) is 0 Å². The lowest BCUT2D eigenvalue weighted by Crippen LogP contribution is -2.14. The van der Waals surface area contributed by atoms with Crippen molar-refractivity contribution in [2.75, 3.05) is 13.2 Å². The van der Waals surface area contributed by atoms with E-state index in [0.29, 0.717) is 24.3 Å². The minimum absolute atomic E-state index is 0.0183. The van der Waals surface area contributed by atoms with Crippen LogP contribution in [0, 0.1) is 5.92 Å². The fourth-order valence-electron chi connectivity index (χ4n) is 2.82. The summed E-state index contributed by atoms with van der Waals surface area (Å²) in [6.07, 6.45) is 4.65. The first-order valence-electron chi connectivity index (χ1n) is 10.6. The van der Waals surface area contributed by atoms with Gasteiger partial charge in [0.1, 0.15) is 5.75 Å². The lowest BCUT2D eigenvalue weighted by Gasteiger charge is -2.09. The van der Waals surface area contributed by atoms with Crippen LogP contribution in [0.1, 0.15) is 61.9 Å². The molecule has 0 radical (unpaired) electrons. The third-order valence-electron chi connectivity index (χ3n) is 5.00. The highest BCUT2D eigenvalue weighted by molar-refractivity contribution is 6.09. The van der Waals surface area contributed by atoms with Crippen molar-refractivity contribution in [2.24, 2.45) is 10.9 Å². The van der Waals surface area contributed by atoms with Crippen LogP contribution in [-0.2, 0) is 9.53 Å². The van der Waals surface area contributed by atoms with Crippen molar-refractivity contribution in [2.45, 2.75) is 46.0 Å². The number of nitrogens with zero attached hydrogens (tertiary/aromatic N) is 1. The van der Waals surface area contributed by atoms with E-state index in [0.717, 1.165) is 43.5 Å². The van der Waals surface area contributed by atoms with Gasteiger partial charge in [-0.2, -0.15) is 0 Å². The molecule has 0 fully saturated rings. The van der Waals surface area contributed by atoms with E-state index in [4.69, 9.17) is 9.47 Å². The molecule has 2 aromatic carbocycles. The van der Waals surface area contributed by atoms with Gasteiger partial charge < -0.3 is 9.47 Å². The second kappa shape index (κ2) is 12.6. The highest BCUT2D eigenvalue weighted by Crippen LogP contribution is 2.18. The molecule has 2 rings (SSSR count). The molecule has 30 heavy (non-hydrogen) atoms. The third kappa shape index (κ3) is 7.47. The Morgan fingerprint density at radius 1 is 0.900 bits per heavy atom. The molecule has 5 nitrogen and oxygen atoms in total. The fraction of sp³-hybridized carbons (Fsp3) is 0.400. The Hall–Kier alpha value is -2.95. The van der Waals surface area contributed by atoms with E-state index in [-0.39, 0.29) is 17.7 Å². The van der Waals surface area contributed by atoms with E-state index in [1.54, 1.807) is 36.4 Å². The number of carbonyl (C=O) groups excluding carboxylic acids is 2. The van der Waals surface area contributed by atoms with Gasteiger partial charge in [0, 0.05) is 11.1 Å². The molecule has 0 saturated carbocycles. The summed E-state index contributed by atoms with van der Waals surface area (Å²) in [5, 5.41) is 0. The number of unbranched alkanes of at least 4 members (excludes halogenated alkanes) is 3. The summed E-state index contributed by atoms with van der Waals surface area (Å²) in [4.78, 5) is 27.9. The highest BCUT2D eigenvalue weighted by atomic mass is 16.5. The minimum Gasteiger partial charge on any atom is -0.494 e. The molecule has 0 bridgehead atoms. The van der Waals surface area contributed by atoms with Crippen LogP contribution in [0.2, 0.25) is 0 Å². The molecule has 0 spiro atoms. The van der Waals surface area contributed by atoms with Gasteiger partial charge in [-0.15, -0.1) is 0 Å². The lowest BCUT2D eigenvalue weighted by molar-refractivity contribution is -0.148. The first-order valence-corrected chi connectivity index (χ1v) is 10.6. The SMILES string of the molecule is C=Nc1ccc(C(=O)c2ccc(OCCCCCCOC(=O)C(C)CC)cc2)cc1. The number of carbonyl (C=O) groups is 2. The summed E-state index contributed by atoms with van der Waals surface area (Å²) in [6.45, 7) is 8.46. The number of ether oxygens (including phenoxy) is 2. The summed E-state index contributed by atoms with van der Waals surface area (Å²) in [5.74, 6) is 0.593. The Balaban J connectivity index is 1.64. The second-order valence-electron chi connectivity index (χ2n) is 7.30. The molecule has 0 aliphatic rings. The predicted molar refractivity (Wildman–Crippen MR) is 120 cm³/mol. The van der Waals surface area contributed by atoms with Crippen LogP contribution < -0.4 is 4.74 Å². The van der Waals surface area contributed by atoms with Gasteiger partial charge in [-0.25, -0.2) is 0 Å². The van der Waals surface area contributed by atoms with Gasteiger partial charge in [0.2, 0.25) is 0 Å². The molecule has 0 N–H and O–H groups in total. The Morgan fingerprint density at radius 2 is 1.47 bits per heavy atom. The van der Waals surface area contributed by atoms with Crippen molar-refractivity contribution in [3.63, 3.8) is 0 Å². The molecule has 2 aromatic rings. The minimum atomic E-state index is -0.103. The molecule has 0 aliphatic carbocycles. The van der Waals surface area contributed by atoms with Gasteiger partial charge in [-0.05, 0) is 87.4 Å². The Kier molecular flexibility index (Phi) is 9.78. The summed E-state index contributed by atoms with van der Waals surface area (Å²) in [5.41, 5.74) is 1.97. The molecular formula is C25H31NO4. The van der Waals surface area contributed by atoms with Crippen molar-refractivity contribution < 1.29 is 19.1 Å². The van der Waals surface area contributed by atoms with Gasteiger partial charge in [0.05, 0.1) is 24.8 Å². The van der Waals surface area contributed by atoms with Crippen molar-refractivity contribution in [3.05, 3.63) is 59.7 Å².